The average Bonchev–Trinajstić information content (AvgIpc) is 3.49. The highest BCUT2D eigenvalue weighted by Crippen LogP contribution is 2.62. The van der Waals surface area contributed by atoms with Gasteiger partial charge in [-0.3, -0.25) is 4.57 Å². The van der Waals surface area contributed by atoms with Crippen molar-refractivity contribution in [1.82, 2.24) is 0 Å². The van der Waals surface area contributed by atoms with Gasteiger partial charge in [-0.05, 0) is 90.9 Å². The summed E-state index contributed by atoms with van der Waals surface area (Å²) in [4.78, 5) is 34.2. The van der Waals surface area contributed by atoms with Crippen molar-refractivity contribution in [2.75, 3.05) is 4.90 Å². The van der Waals surface area contributed by atoms with Crippen LogP contribution in [0, 0.1) is 0 Å². The zero-order valence-electron chi connectivity index (χ0n) is 20.0. The molecule has 3 aromatic carbocycles. The van der Waals surface area contributed by atoms with Gasteiger partial charge in [0.05, 0.1) is 11.7 Å². The summed E-state index contributed by atoms with van der Waals surface area (Å²) in [6.07, 6.45) is -0.240. The smallest absolute Gasteiger partial charge is 0.416 e. The second kappa shape index (κ2) is 9.76. The van der Waals surface area contributed by atoms with E-state index in [2.05, 4.69) is 0 Å². The number of ether oxygens (including phenoxy) is 1. The predicted molar refractivity (Wildman–Crippen MR) is 135 cm³/mol. The highest BCUT2D eigenvalue weighted by Gasteiger charge is 2.52. The number of nitrogens with zero attached hydrogens (tertiary/aromatic N) is 1. The molecule has 38 heavy (non-hydrogen) atoms. The lowest BCUT2D eigenvalue weighted by molar-refractivity contribution is -0.139. The van der Waals surface area contributed by atoms with Crippen LogP contribution in [-0.4, -0.2) is 33.0 Å². The molecule has 1 aliphatic heterocycles. The first-order valence-corrected chi connectivity index (χ1v) is 13.8. The Hall–Kier alpha value is -3.33. The molecule has 200 valence electrons. The van der Waals surface area contributed by atoms with Crippen LogP contribution in [0.15, 0.2) is 66.7 Å². The molecule has 0 amide bonds. The van der Waals surface area contributed by atoms with E-state index in [0.29, 0.717) is 28.3 Å². The summed E-state index contributed by atoms with van der Waals surface area (Å²) in [7, 11) is -4.98. The maximum Gasteiger partial charge on any atom is 0.416 e. The maximum absolute atomic E-state index is 13.0. The molecule has 1 aliphatic carbocycles. The Morgan fingerprint density at radius 2 is 1.53 bits per heavy atom. The van der Waals surface area contributed by atoms with Crippen LogP contribution in [0.2, 0.25) is 0 Å². The fourth-order valence-corrected chi connectivity index (χ4v) is 6.50. The molecule has 0 aromatic heterocycles. The van der Waals surface area contributed by atoms with Gasteiger partial charge in [0, 0.05) is 11.4 Å². The second-order valence-corrected chi connectivity index (χ2v) is 11.3. The van der Waals surface area contributed by atoms with Crippen molar-refractivity contribution in [3.63, 3.8) is 0 Å². The molecule has 0 radical (unpaired) electrons. The molecule has 2 unspecified atom stereocenters. The first-order valence-electron chi connectivity index (χ1n) is 12.1. The summed E-state index contributed by atoms with van der Waals surface area (Å²) in [6, 6.07) is 14.0. The van der Waals surface area contributed by atoms with E-state index in [1.54, 1.807) is 30.3 Å². The monoisotopic (exact) mass is 547 g/mol. The van der Waals surface area contributed by atoms with Crippen molar-refractivity contribution in [3.05, 3.63) is 77.9 Å². The number of carboxylic acid groups (broad SMARTS) is 1. The first-order chi connectivity index (χ1) is 17.9. The predicted octanol–water partition coefficient (Wildman–Crippen LogP) is 6.52. The molecule has 1 saturated carbocycles. The Morgan fingerprint density at radius 3 is 2.08 bits per heavy atom. The summed E-state index contributed by atoms with van der Waals surface area (Å²) >= 11 is 0. The molecule has 3 N–H and O–H groups in total. The van der Waals surface area contributed by atoms with E-state index in [9.17, 15) is 37.4 Å². The minimum absolute atomic E-state index is 0.106. The van der Waals surface area contributed by atoms with Gasteiger partial charge in [0.1, 0.15) is 17.5 Å². The lowest BCUT2D eigenvalue weighted by Gasteiger charge is -2.27. The Morgan fingerprint density at radius 1 is 0.921 bits per heavy atom. The van der Waals surface area contributed by atoms with Gasteiger partial charge in [-0.2, -0.15) is 13.2 Å². The van der Waals surface area contributed by atoms with Gasteiger partial charge in [0.15, 0.2) is 0 Å². The Balaban J connectivity index is 1.54. The van der Waals surface area contributed by atoms with Crippen LogP contribution in [0.1, 0.15) is 42.5 Å². The topological polar surface area (TPSA) is 107 Å². The van der Waals surface area contributed by atoms with Gasteiger partial charge >= 0.3 is 19.7 Å². The summed E-state index contributed by atoms with van der Waals surface area (Å²) < 4.78 is 57.5. The van der Waals surface area contributed by atoms with Gasteiger partial charge in [0.25, 0.3) is 0 Å². The normalized spacial score (nSPS) is 20.0. The third-order valence-electron chi connectivity index (χ3n) is 7.06. The van der Waals surface area contributed by atoms with Crippen LogP contribution in [0.4, 0.5) is 24.5 Å². The molecule has 0 bridgehead atoms. The van der Waals surface area contributed by atoms with Gasteiger partial charge in [0.2, 0.25) is 0 Å². The van der Waals surface area contributed by atoms with Gasteiger partial charge in [-0.1, -0.05) is 18.2 Å². The summed E-state index contributed by atoms with van der Waals surface area (Å²) in [6.45, 7) is 0. The highest BCUT2D eigenvalue weighted by atomic mass is 31.2. The van der Waals surface area contributed by atoms with Crippen LogP contribution in [0.25, 0.3) is 11.1 Å². The van der Waals surface area contributed by atoms with Crippen molar-refractivity contribution in [3.8, 4) is 16.9 Å². The van der Waals surface area contributed by atoms with Crippen molar-refractivity contribution in [2.24, 2.45) is 0 Å². The number of rotatable bonds is 6. The molecule has 1 fully saturated rings. The van der Waals surface area contributed by atoms with E-state index in [4.69, 9.17) is 4.74 Å². The van der Waals surface area contributed by atoms with E-state index >= 15 is 0 Å². The zero-order valence-corrected chi connectivity index (χ0v) is 20.9. The van der Waals surface area contributed by atoms with Crippen LogP contribution in [0.3, 0.4) is 0 Å². The van der Waals surface area contributed by atoms with E-state index < -0.39 is 37.0 Å². The van der Waals surface area contributed by atoms with Gasteiger partial charge in [-0.25, -0.2) is 4.79 Å². The number of carbonyl (C=O) groups is 1. The average molecular weight is 547 g/mol. The van der Waals surface area contributed by atoms with Gasteiger partial charge < -0.3 is 24.5 Å². The third kappa shape index (κ3) is 5.04. The molecule has 3 aromatic rings. The number of fused-ring (bicyclic) bond motifs is 1. The molecule has 7 nitrogen and oxygen atoms in total. The number of hydrogen-bond donors (Lipinski definition) is 3. The number of halogens is 3. The second-order valence-electron chi connectivity index (χ2n) is 9.55. The number of carboxylic acids is 1. The summed E-state index contributed by atoms with van der Waals surface area (Å²) in [5.41, 5.74) is -0.895. The fraction of sp³-hybridized carbons (Fsp3) is 0.296. The Labute approximate surface area is 216 Å². The van der Waals surface area contributed by atoms with Crippen LogP contribution < -0.4 is 9.64 Å². The fourth-order valence-electron chi connectivity index (χ4n) is 5.30. The van der Waals surface area contributed by atoms with E-state index in [1.165, 1.54) is 29.2 Å². The van der Waals surface area contributed by atoms with Crippen molar-refractivity contribution < 1.29 is 42.2 Å². The van der Waals surface area contributed by atoms with Crippen molar-refractivity contribution in [2.45, 2.75) is 49.7 Å². The zero-order chi connectivity index (χ0) is 27.2. The van der Waals surface area contributed by atoms with Crippen LogP contribution >= 0.6 is 7.60 Å². The van der Waals surface area contributed by atoms with E-state index in [-0.39, 0.29) is 11.7 Å². The quantitative estimate of drug-likeness (QED) is 0.302. The molecule has 2 aliphatic rings. The molecular weight excluding hydrogens is 522 g/mol. The minimum atomic E-state index is -4.98. The highest BCUT2D eigenvalue weighted by molar-refractivity contribution is 7.52. The van der Waals surface area contributed by atoms with Crippen LogP contribution in [0.5, 0.6) is 5.75 Å². The number of alkyl halides is 3. The van der Waals surface area contributed by atoms with E-state index in [0.717, 1.165) is 37.8 Å². The number of benzene rings is 3. The summed E-state index contributed by atoms with van der Waals surface area (Å²) in [5, 5.41) is 10.1. The molecule has 0 spiro atoms. The molecule has 11 heteroatoms. The number of aliphatic carboxylic acids is 1. The SMILES string of the molecule is O=C(O)C1C(P(=O)(O)O)c2cc(-c3ccc(C(F)(F)F)cc3)ccc2N1c1ccc(OC2CCCC2)cc1. The molecule has 2 atom stereocenters. The first kappa shape index (κ1) is 26.3. The molecule has 1 heterocycles. The standard InChI is InChI=1S/C27H25F3NO6P/c28-27(29,30)18-8-5-16(6-9-18)17-7-14-23-22(15-17)25(38(34,35)36)24(26(32)33)31(23)19-10-12-21(13-11-19)37-20-3-1-2-4-20/h5-15,20,24-25H,1-4H2,(H,32,33)(H2,34,35,36). The lowest BCUT2D eigenvalue weighted by Crippen LogP contribution is -2.37. The summed E-state index contributed by atoms with van der Waals surface area (Å²) in [5.74, 6) is -0.798. The largest absolute Gasteiger partial charge is 0.490 e. The molecular formula is C27H25F3NO6P. The molecule has 5 rings (SSSR count). The molecule has 0 saturated heterocycles. The Kier molecular flexibility index (Phi) is 6.75. The number of hydrogen-bond acceptors (Lipinski definition) is 4. The minimum Gasteiger partial charge on any atom is -0.490 e. The van der Waals surface area contributed by atoms with Gasteiger partial charge in [-0.15, -0.1) is 0 Å². The lowest BCUT2D eigenvalue weighted by atomic mass is 9.99. The Bertz CT molecular complexity index is 1380. The van der Waals surface area contributed by atoms with Crippen molar-refractivity contribution in [1.29, 1.82) is 0 Å². The maximum atomic E-state index is 13.0. The van der Waals surface area contributed by atoms with Crippen LogP contribution in [-0.2, 0) is 15.5 Å². The van der Waals surface area contributed by atoms with Crippen molar-refractivity contribution >= 4 is 24.9 Å². The third-order valence-corrected chi connectivity index (χ3v) is 8.35. The number of anilines is 2. The van der Waals surface area contributed by atoms with E-state index in [1.807, 2.05) is 0 Å².